The van der Waals surface area contributed by atoms with Crippen molar-refractivity contribution in [2.24, 2.45) is 11.7 Å². The third-order valence-electron chi connectivity index (χ3n) is 5.31. The fourth-order valence-corrected chi connectivity index (χ4v) is 4.14. The van der Waals surface area contributed by atoms with Crippen molar-refractivity contribution < 1.29 is 14.3 Å². The van der Waals surface area contributed by atoms with E-state index in [1.54, 1.807) is 30.1 Å². The smallest absolute Gasteiger partial charge is 0.231 e. The Morgan fingerprint density at radius 1 is 1.39 bits per heavy atom. The molecule has 1 aromatic carbocycles. The van der Waals surface area contributed by atoms with Crippen molar-refractivity contribution in [1.29, 1.82) is 0 Å². The summed E-state index contributed by atoms with van der Waals surface area (Å²) in [6, 6.07) is 5.19. The largest absolute Gasteiger partial charge is 0.391 e. The predicted octanol–water partition coefficient (Wildman–Crippen LogP) is 2.14. The summed E-state index contributed by atoms with van der Waals surface area (Å²) in [6.45, 7) is 1.68. The lowest BCUT2D eigenvalue weighted by Crippen LogP contribution is -2.48. The molecule has 3 rings (SSSR count). The SMILES string of the molecule is CN(Cc1c(Cl)cccc1Cl)c1ncnc(NC[C@@H]2CCN(CC(N)=O)C[C@H]2O)c1F. The Hall–Kier alpha value is -2.20. The quantitative estimate of drug-likeness (QED) is 0.542. The van der Waals surface area contributed by atoms with Crippen LogP contribution in [0.1, 0.15) is 12.0 Å². The number of halogens is 3. The minimum atomic E-state index is -0.657. The van der Waals surface area contributed by atoms with Gasteiger partial charge in [0.25, 0.3) is 0 Å². The molecule has 0 unspecified atom stereocenters. The van der Waals surface area contributed by atoms with E-state index in [2.05, 4.69) is 15.3 Å². The molecule has 2 heterocycles. The molecule has 31 heavy (non-hydrogen) atoms. The summed E-state index contributed by atoms with van der Waals surface area (Å²) in [5.41, 5.74) is 5.88. The van der Waals surface area contributed by atoms with Crippen molar-refractivity contribution in [2.75, 3.05) is 43.4 Å². The van der Waals surface area contributed by atoms with Gasteiger partial charge in [0.2, 0.25) is 11.7 Å². The second-order valence-electron chi connectivity index (χ2n) is 7.61. The first-order valence-electron chi connectivity index (χ1n) is 9.83. The molecular weight excluding hydrogens is 446 g/mol. The zero-order chi connectivity index (χ0) is 22.5. The fourth-order valence-electron chi connectivity index (χ4n) is 3.62. The number of likely N-dealkylation sites (tertiary alicyclic amines) is 1. The maximum absolute atomic E-state index is 15.1. The lowest BCUT2D eigenvalue weighted by atomic mass is 9.94. The lowest BCUT2D eigenvalue weighted by molar-refractivity contribution is -0.120. The lowest BCUT2D eigenvalue weighted by Gasteiger charge is -2.35. The second kappa shape index (κ2) is 10.4. The molecule has 0 spiro atoms. The van der Waals surface area contributed by atoms with Gasteiger partial charge in [-0.15, -0.1) is 0 Å². The molecule has 4 N–H and O–H groups in total. The minimum absolute atomic E-state index is 0.0499. The molecule has 1 amide bonds. The van der Waals surface area contributed by atoms with Gasteiger partial charge in [-0.1, -0.05) is 29.3 Å². The van der Waals surface area contributed by atoms with Crippen LogP contribution in [0.3, 0.4) is 0 Å². The average molecular weight is 471 g/mol. The summed E-state index contributed by atoms with van der Waals surface area (Å²) in [6.07, 6.45) is 1.26. The number of primary amides is 1. The topological polar surface area (TPSA) is 108 Å². The Bertz CT molecular complexity index is 914. The number of anilines is 2. The molecule has 1 fully saturated rings. The van der Waals surface area contributed by atoms with E-state index in [9.17, 15) is 9.90 Å². The number of nitrogens with two attached hydrogens (primary N) is 1. The van der Waals surface area contributed by atoms with Gasteiger partial charge in [0.15, 0.2) is 11.6 Å². The molecule has 0 radical (unpaired) electrons. The summed E-state index contributed by atoms with van der Waals surface area (Å²) in [4.78, 5) is 22.5. The number of aliphatic hydroxyl groups is 1. The third kappa shape index (κ3) is 5.94. The maximum Gasteiger partial charge on any atom is 0.231 e. The van der Waals surface area contributed by atoms with Crippen LogP contribution in [0, 0.1) is 11.7 Å². The normalized spacial score (nSPS) is 19.3. The van der Waals surface area contributed by atoms with Crippen LogP contribution in [0.2, 0.25) is 10.0 Å². The average Bonchev–Trinajstić information content (AvgIpc) is 2.70. The number of benzene rings is 1. The monoisotopic (exact) mass is 470 g/mol. The van der Waals surface area contributed by atoms with Crippen LogP contribution >= 0.6 is 23.2 Å². The van der Waals surface area contributed by atoms with E-state index in [0.717, 1.165) is 0 Å². The van der Waals surface area contributed by atoms with Crippen LogP contribution in [0.5, 0.6) is 0 Å². The van der Waals surface area contributed by atoms with Gasteiger partial charge in [0.1, 0.15) is 6.33 Å². The molecule has 8 nitrogen and oxygen atoms in total. The van der Waals surface area contributed by atoms with Gasteiger partial charge in [0, 0.05) is 48.2 Å². The Kier molecular flexibility index (Phi) is 7.88. The van der Waals surface area contributed by atoms with E-state index in [-0.39, 0.29) is 30.6 Å². The van der Waals surface area contributed by atoms with Crippen LogP contribution in [0.4, 0.5) is 16.0 Å². The number of amides is 1. The van der Waals surface area contributed by atoms with Crippen molar-refractivity contribution in [1.82, 2.24) is 14.9 Å². The zero-order valence-electron chi connectivity index (χ0n) is 17.1. The van der Waals surface area contributed by atoms with Gasteiger partial charge >= 0.3 is 0 Å². The molecule has 168 valence electrons. The Morgan fingerprint density at radius 3 is 2.74 bits per heavy atom. The summed E-state index contributed by atoms with van der Waals surface area (Å²) in [5.74, 6) is -0.990. The van der Waals surface area contributed by atoms with E-state index in [0.29, 0.717) is 41.7 Å². The highest BCUT2D eigenvalue weighted by atomic mass is 35.5. The van der Waals surface area contributed by atoms with E-state index < -0.39 is 17.8 Å². The molecule has 1 saturated heterocycles. The molecule has 0 saturated carbocycles. The number of rotatable bonds is 8. The molecule has 2 atom stereocenters. The fraction of sp³-hybridized carbons (Fsp3) is 0.450. The Balaban J connectivity index is 1.64. The summed E-state index contributed by atoms with van der Waals surface area (Å²) < 4.78 is 15.1. The first-order valence-corrected chi connectivity index (χ1v) is 10.6. The third-order valence-corrected chi connectivity index (χ3v) is 6.01. The van der Waals surface area contributed by atoms with Gasteiger partial charge in [-0.3, -0.25) is 9.69 Å². The molecule has 1 aliphatic rings. The number of hydrogen-bond acceptors (Lipinski definition) is 7. The number of nitrogens with zero attached hydrogens (tertiary/aromatic N) is 4. The maximum atomic E-state index is 15.1. The van der Waals surface area contributed by atoms with Crippen LogP contribution in [0.25, 0.3) is 0 Å². The molecule has 11 heteroatoms. The van der Waals surface area contributed by atoms with Crippen LogP contribution in [0.15, 0.2) is 24.5 Å². The van der Waals surface area contributed by atoms with Gasteiger partial charge in [-0.05, 0) is 25.1 Å². The highest BCUT2D eigenvalue weighted by Gasteiger charge is 2.28. The molecule has 1 aromatic heterocycles. The van der Waals surface area contributed by atoms with Gasteiger partial charge < -0.3 is 21.1 Å². The van der Waals surface area contributed by atoms with Crippen molar-refractivity contribution >= 4 is 40.7 Å². The Morgan fingerprint density at radius 2 is 2.10 bits per heavy atom. The number of piperidine rings is 1. The standard InChI is InChI=1S/C20H25Cl2FN6O2/c1-28(8-13-14(21)3-2-4-15(13)22)20-18(23)19(26-11-27-20)25-7-12-5-6-29(9-16(12)30)10-17(24)31/h2-4,11-12,16,30H,5-10H2,1H3,(H2,24,31)(H,25,26,27)/t12-,16+/m0/s1. The van der Waals surface area contributed by atoms with Gasteiger partial charge in [-0.25, -0.2) is 9.97 Å². The van der Waals surface area contributed by atoms with Crippen LogP contribution in [-0.4, -0.2) is 65.2 Å². The van der Waals surface area contributed by atoms with E-state index in [4.69, 9.17) is 28.9 Å². The molecule has 0 aliphatic carbocycles. The zero-order valence-corrected chi connectivity index (χ0v) is 18.6. The van der Waals surface area contributed by atoms with Crippen molar-refractivity contribution in [2.45, 2.75) is 19.1 Å². The van der Waals surface area contributed by atoms with Gasteiger partial charge in [-0.2, -0.15) is 4.39 Å². The van der Waals surface area contributed by atoms with E-state index in [1.165, 1.54) is 6.33 Å². The highest BCUT2D eigenvalue weighted by molar-refractivity contribution is 6.36. The molecule has 2 aromatic rings. The number of carbonyl (C=O) groups excluding carboxylic acids is 1. The van der Waals surface area contributed by atoms with E-state index in [1.807, 2.05) is 4.90 Å². The first kappa shape index (κ1) is 23.5. The van der Waals surface area contributed by atoms with Crippen molar-refractivity contribution in [3.63, 3.8) is 0 Å². The van der Waals surface area contributed by atoms with Crippen molar-refractivity contribution in [3.05, 3.63) is 46.0 Å². The number of hydrogen-bond donors (Lipinski definition) is 3. The second-order valence-corrected chi connectivity index (χ2v) is 8.43. The van der Waals surface area contributed by atoms with Gasteiger partial charge in [0.05, 0.1) is 12.6 Å². The molecular formula is C20H25Cl2FN6O2. The van der Waals surface area contributed by atoms with Crippen molar-refractivity contribution in [3.8, 4) is 0 Å². The van der Waals surface area contributed by atoms with Crippen LogP contribution < -0.4 is 16.0 Å². The number of aromatic nitrogens is 2. The highest BCUT2D eigenvalue weighted by Crippen LogP contribution is 2.28. The molecule has 0 bridgehead atoms. The number of aliphatic hydroxyl groups excluding tert-OH is 1. The van der Waals surface area contributed by atoms with E-state index >= 15 is 4.39 Å². The Labute approximate surface area is 190 Å². The van der Waals surface area contributed by atoms with Crippen LogP contribution in [-0.2, 0) is 11.3 Å². The first-order chi connectivity index (χ1) is 14.8. The predicted molar refractivity (Wildman–Crippen MR) is 119 cm³/mol. The summed E-state index contributed by atoms with van der Waals surface area (Å²) in [5, 5.41) is 14.3. The molecule has 1 aliphatic heterocycles. The minimum Gasteiger partial charge on any atom is -0.391 e. The summed E-state index contributed by atoms with van der Waals surface area (Å²) >= 11 is 12.4. The number of nitrogens with one attached hydrogen (secondary N) is 1. The number of β-amino-alcohol motifs (C(OH)–C–C–N with tert-alkyl or cyclic N) is 1. The summed E-state index contributed by atoms with van der Waals surface area (Å²) in [7, 11) is 1.69. The number of carbonyl (C=O) groups is 1.